The summed E-state index contributed by atoms with van der Waals surface area (Å²) in [6, 6.07) is 8.65. The summed E-state index contributed by atoms with van der Waals surface area (Å²) in [7, 11) is 0.0210. The fraction of sp³-hybridized carbons (Fsp3) is 0.650. The Morgan fingerprint density at radius 3 is 2.52 bits per heavy atom. The Morgan fingerprint density at radius 2 is 1.86 bits per heavy atom. The van der Waals surface area contributed by atoms with Gasteiger partial charge in [-0.3, -0.25) is 4.99 Å². The van der Waals surface area contributed by atoms with Crippen LogP contribution in [0.4, 0.5) is 0 Å². The normalized spacial score (nSPS) is 16.7. The second-order valence-corrected chi connectivity index (χ2v) is 8.94. The van der Waals surface area contributed by atoms with Crippen LogP contribution in [-0.4, -0.2) is 78.8 Å². The van der Waals surface area contributed by atoms with Gasteiger partial charge in [-0.05, 0) is 37.3 Å². The molecule has 1 aliphatic rings. The fourth-order valence-corrected chi connectivity index (χ4v) is 4.67. The first-order chi connectivity index (χ1) is 14.1. The smallest absolute Gasteiger partial charge is 0.243 e. The molecule has 0 amide bonds. The van der Waals surface area contributed by atoms with Crippen molar-refractivity contribution >= 4 is 16.0 Å². The zero-order chi connectivity index (χ0) is 21.0. The maximum absolute atomic E-state index is 12.7. The van der Waals surface area contributed by atoms with E-state index in [1.54, 1.807) is 42.7 Å². The van der Waals surface area contributed by atoms with Gasteiger partial charge in [0.05, 0.1) is 18.1 Å². The highest BCUT2D eigenvalue weighted by atomic mass is 32.2. The molecule has 9 heteroatoms. The first-order valence-electron chi connectivity index (χ1n) is 10.1. The summed E-state index contributed by atoms with van der Waals surface area (Å²) >= 11 is 0. The number of methoxy groups -OCH3 is 1. The molecular weight excluding hydrogens is 392 g/mol. The fourth-order valence-electron chi connectivity index (χ4n) is 3.18. The van der Waals surface area contributed by atoms with Crippen LogP contribution in [0.1, 0.15) is 19.3 Å². The van der Waals surface area contributed by atoms with E-state index >= 15 is 0 Å². The molecule has 0 atom stereocenters. The standard InChI is InChI=1S/C20H34N4O4S/c1-21-20(22-11-6-14-28-16-15-27-2)23-17-18-9-12-24(13-10-18)29(25,26)19-7-4-3-5-8-19/h3-5,7-8,18H,6,9-17H2,1-2H3,(H2,21,22,23). The molecule has 1 aliphatic heterocycles. The van der Waals surface area contributed by atoms with Gasteiger partial charge in [0.25, 0.3) is 0 Å². The molecule has 0 unspecified atom stereocenters. The van der Waals surface area contributed by atoms with Crippen LogP contribution in [0.2, 0.25) is 0 Å². The molecule has 2 N–H and O–H groups in total. The van der Waals surface area contributed by atoms with E-state index in [0.29, 0.717) is 43.7 Å². The van der Waals surface area contributed by atoms with Gasteiger partial charge >= 0.3 is 0 Å². The lowest BCUT2D eigenvalue weighted by molar-refractivity contribution is 0.0698. The van der Waals surface area contributed by atoms with E-state index in [1.165, 1.54) is 0 Å². The summed E-state index contributed by atoms with van der Waals surface area (Å²) in [6.45, 7) is 4.57. The van der Waals surface area contributed by atoms with Crippen molar-refractivity contribution in [2.45, 2.75) is 24.2 Å². The molecule has 1 aromatic carbocycles. The predicted molar refractivity (Wildman–Crippen MR) is 115 cm³/mol. The molecule has 0 spiro atoms. The summed E-state index contributed by atoms with van der Waals surface area (Å²) in [4.78, 5) is 4.61. The number of hydrogen-bond acceptors (Lipinski definition) is 5. The number of nitrogens with one attached hydrogen (secondary N) is 2. The molecule has 8 nitrogen and oxygen atoms in total. The number of benzene rings is 1. The van der Waals surface area contributed by atoms with E-state index in [9.17, 15) is 8.42 Å². The van der Waals surface area contributed by atoms with Crippen molar-refractivity contribution in [3.8, 4) is 0 Å². The van der Waals surface area contributed by atoms with Crippen molar-refractivity contribution in [2.24, 2.45) is 10.9 Å². The molecule has 0 aliphatic carbocycles. The van der Waals surface area contributed by atoms with Crippen LogP contribution >= 0.6 is 0 Å². The number of ether oxygens (including phenoxy) is 2. The highest BCUT2D eigenvalue weighted by Gasteiger charge is 2.29. The summed E-state index contributed by atoms with van der Waals surface area (Å²) in [6.07, 6.45) is 2.56. The van der Waals surface area contributed by atoms with Gasteiger partial charge in [0.15, 0.2) is 5.96 Å². The van der Waals surface area contributed by atoms with Gasteiger partial charge in [0.1, 0.15) is 0 Å². The molecule has 1 heterocycles. The number of aliphatic imine (C=N–C) groups is 1. The number of nitrogens with zero attached hydrogens (tertiary/aromatic N) is 2. The molecular formula is C20H34N4O4S. The number of piperidine rings is 1. The predicted octanol–water partition coefficient (Wildman–Crippen LogP) is 1.31. The van der Waals surface area contributed by atoms with Crippen LogP contribution in [-0.2, 0) is 19.5 Å². The average Bonchev–Trinajstić information content (AvgIpc) is 2.76. The monoisotopic (exact) mass is 426 g/mol. The minimum absolute atomic E-state index is 0.368. The van der Waals surface area contributed by atoms with Gasteiger partial charge in [-0.2, -0.15) is 4.31 Å². The Labute approximate surface area is 174 Å². The molecule has 1 saturated heterocycles. The zero-order valence-corrected chi connectivity index (χ0v) is 18.3. The number of sulfonamides is 1. The SMILES string of the molecule is CN=C(NCCCOCCOC)NCC1CCN(S(=O)(=O)c2ccccc2)CC1. The lowest BCUT2D eigenvalue weighted by Crippen LogP contribution is -2.44. The largest absolute Gasteiger partial charge is 0.382 e. The second kappa shape index (κ2) is 12.8. The maximum Gasteiger partial charge on any atom is 0.243 e. The molecule has 0 saturated carbocycles. The number of guanidine groups is 1. The third-order valence-electron chi connectivity index (χ3n) is 4.93. The topological polar surface area (TPSA) is 92.3 Å². The van der Waals surface area contributed by atoms with E-state index < -0.39 is 10.0 Å². The van der Waals surface area contributed by atoms with Gasteiger partial charge in [-0.15, -0.1) is 0 Å². The Morgan fingerprint density at radius 1 is 1.14 bits per heavy atom. The molecule has 0 bridgehead atoms. The van der Waals surface area contributed by atoms with E-state index in [-0.39, 0.29) is 0 Å². The van der Waals surface area contributed by atoms with Crippen molar-refractivity contribution in [1.29, 1.82) is 0 Å². The van der Waals surface area contributed by atoms with E-state index in [0.717, 1.165) is 38.3 Å². The lowest BCUT2D eigenvalue weighted by Gasteiger charge is -2.31. The average molecular weight is 427 g/mol. The van der Waals surface area contributed by atoms with Gasteiger partial charge in [-0.25, -0.2) is 8.42 Å². The highest BCUT2D eigenvalue weighted by Crippen LogP contribution is 2.23. The van der Waals surface area contributed by atoms with Crippen LogP contribution in [0.3, 0.4) is 0 Å². The Balaban J connectivity index is 1.66. The minimum atomic E-state index is -3.39. The van der Waals surface area contributed by atoms with Crippen LogP contribution in [0.25, 0.3) is 0 Å². The van der Waals surface area contributed by atoms with Crippen LogP contribution < -0.4 is 10.6 Å². The van der Waals surface area contributed by atoms with Gasteiger partial charge in [0.2, 0.25) is 10.0 Å². The van der Waals surface area contributed by atoms with Gasteiger partial charge in [-0.1, -0.05) is 18.2 Å². The van der Waals surface area contributed by atoms with E-state index in [1.807, 2.05) is 6.07 Å². The lowest BCUT2D eigenvalue weighted by atomic mass is 9.98. The Hall–Kier alpha value is -1.68. The third kappa shape index (κ3) is 7.93. The summed E-state index contributed by atoms with van der Waals surface area (Å²) < 4.78 is 37.4. The van der Waals surface area contributed by atoms with E-state index in [2.05, 4.69) is 15.6 Å². The van der Waals surface area contributed by atoms with Crippen molar-refractivity contribution in [3.63, 3.8) is 0 Å². The van der Waals surface area contributed by atoms with Crippen LogP contribution in [0, 0.1) is 5.92 Å². The van der Waals surface area contributed by atoms with Crippen LogP contribution in [0.15, 0.2) is 40.2 Å². The zero-order valence-electron chi connectivity index (χ0n) is 17.5. The van der Waals surface area contributed by atoms with Gasteiger partial charge in [0, 0.05) is 46.9 Å². The second-order valence-electron chi connectivity index (χ2n) is 7.00. The summed E-state index contributed by atoms with van der Waals surface area (Å²) in [5.41, 5.74) is 0. The first-order valence-corrected chi connectivity index (χ1v) is 11.6. The highest BCUT2D eigenvalue weighted by molar-refractivity contribution is 7.89. The molecule has 29 heavy (non-hydrogen) atoms. The van der Waals surface area contributed by atoms with E-state index in [4.69, 9.17) is 9.47 Å². The molecule has 0 aromatic heterocycles. The minimum Gasteiger partial charge on any atom is -0.382 e. The van der Waals surface area contributed by atoms with Crippen molar-refractivity contribution in [2.75, 3.05) is 60.2 Å². The van der Waals surface area contributed by atoms with Crippen molar-refractivity contribution in [1.82, 2.24) is 14.9 Å². The number of rotatable bonds is 11. The third-order valence-corrected chi connectivity index (χ3v) is 6.84. The van der Waals surface area contributed by atoms with Crippen LogP contribution in [0.5, 0.6) is 0 Å². The Bertz CT molecular complexity index is 704. The molecule has 2 rings (SSSR count). The first kappa shape index (κ1) is 23.6. The quantitative estimate of drug-likeness (QED) is 0.315. The molecule has 1 fully saturated rings. The molecule has 164 valence electrons. The summed E-state index contributed by atoms with van der Waals surface area (Å²) in [5.74, 6) is 1.19. The number of hydrogen-bond donors (Lipinski definition) is 2. The molecule has 0 radical (unpaired) electrons. The molecule has 1 aromatic rings. The van der Waals surface area contributed by atoms with Crippen molar-refractivity contribution < 1.29 is 17.9 Å². The maximum atomic E-state index is 12.7. The van der Waals surface area contributed by atoms with Gasteiger partial charge < -0.3 is 20.1 Å². The van der Waals surface area contributed by atoms with Crippen molar-refractivity contribution in [3.05, 3.63) is 30.3 Å². The Kier molecular flexibility index (Phi) is 10.4. The summed E-state index contributed by atoms with van der Waals surface area (Å²) in [5, 5.41) is 6.62.